The van der Waals surface area contributed by atoms with E-state index in [0.717, 1.165) is 12.8 Å². The van der Waals surface area contributed by atoms with Crippen LogP contribution in [0, 0.1) is 11.3 Å². The number of nitrogens with two attached hydrogens (primary N) is 1. The number of hydrogen-bond donors (Lipinski definition) is 2. The van der Waals surface area contributed by atoms with E-state index in [9.17, 15) is 9.59 Å². The summed E-state index contributed by atoms with van der Waals surface area (Å²) in [7, 11) is 0. The van der Waals surface area contributed by atoms with Gasteiger partial charge in [0.05, 0.1) is 5.41 Å². The summed E-state index contributed by atoms with van der Waals surface area (Å²) < 4.78 is 0. The Hall–Kier alpha value is -1.10. The lowest BCUT2D eigenvalue weighted by molar-refractivity contribution is -0.146. The molecule has 0 unspecified atom stereocenters. The zero-order valence-corrected chi connectivity index (χ0v) is 13.5. The molecule has 0 aromatic carbocycles. The maximum absolute atomic E-state index is 12.6. The van der Waals surface area contributed by atoms with Gasteiger partial charge in [-0.1, -0.05) is 0 Å². The lowest BCUT2D eigenvalue weighted by atomic mass is 9.73. The highest BCUT2D eigenvalue weighted by molar-refractivity contribution is 5.84. The van der Waals surface area contributed by atoms with Crippen LogP contribution in [0.15, 0.2) is 0 Å². The monoisotopic (exact) mass is 283 g/mol. The summed E-state index contributed by atoms with van der Waals surface area (Å²) >= 11 is 0. The van der Waals surface area contributed by atoms with Gasteiger partial charge in [-0.25, -0.2) is 0 Å². The summed E-state index contributed by atoms with van der Waals surface area (Å²) in [6.45, 7) is 11.4. The van der Waals surface area contributed by atoms with Gasteiger partial charge in [0.2, 0.25) is 11.8 Å². The summed E-state index contributed by atoms with van der Waals surface area (Å²) in [6, 6.07) is 0. The highest BCUT2D eigenvalue weighted by Gasteiger charge is 2.43. The maximum atomic E-state index is 12.6. The van der Waals surface area contributed by atoms with Crippen molar-refractivity contribution in [3.8, 4) is 0 Å². The van der Waals surface area contributed by atoms with E-state index in [4.69, 9.17) is 5.73 Å². The largest absolute Gasteiger partial charge is 0.356 e. The van der Waals surface area contributed by atoms with Gasteiger partial charge < -0.3 is 16.0 Å². The Morgan fingerprint density at radius 3 is 2.10 bits per heavy atom. The maximum Gasteiger partial charge on any atom is 0.230 e. The molecule has 20 heavy (non-hydrogen) atoms. The third-order valence-corrected chi connectivity index (χ3v) is 4.65. The van der Waals surface area contributed by atoms with Crippen molar-refractivity contribution in [3.63, 3.8) is 0 Å². The van der Waals surface area contributed by atoms with Crippen LogP contribution in [0.2, 0.25) is 0 Å². The van der Waals surface area contributed by atoms with Gasteiger partial charge in [-0.2, -0.15) is 0 Å². The Labute approximate surface area is 122 Å². The molecule has 3 N–H and O–H groups in total. The Bertz CT molecular complexity index is 364. The zero-order valence-electron chi connectivity index (χ0n) is 13.5. The van der Waals surface area contributed by atoms with Gasteiger partial charge >= 0.3 is 0 Å². The molecule has 1 aliphatic rings. The number of piperidine rings is 1. The van der Waals surface area contributed by atoms with Gasteiger partial charge in [-0.05, 0) is 47.5 Å². The van der Waals surface area contributed by atoms with E-state index in [-0.39, 0.29) is 17.7 Å². The molecule has 1 fully saturated rings. The standard InChI is InChI=1S/C15H29N3O2/c1-6-17-12(19)11-7-9-18(10-8-11)13(20)14(2,3)15(4,5)16/h11H,6-10,16H2,1-5H3,(H,17,19). The van der Waals surface area contributed by atoms with Crippen molar-refractivity contribution in [2.75, 3.05) is 19.6 Å². The SMILES string of the molecule is CCNC(=O)C1CCN(C(=O)C(C)(C)C(C)(C)N)CC1. The van der Waals surface area contributed by atoms with Crippen molar-refractivity contribution in [3.05, 3.63) is 0 Å². The quantitative estimate of drug-likeness (QED) is 0.812. The molecule has 5 heteroatoms. The van der Waals surface area contributed by atoms with Gasteiger partial charge in [-0.3, -0.25) is 9.59 Å². The molecule has 0 aliphatic carbocycles. The molecule has 0 aromatic rings. The first-order valence-electron chi connectivity index (χ1n) is 7.47. The van der Waals surface area contributed by atoms with Crippen LogP contribution in [0.3, 0.4) is 0 Å². The Kier molecular flexibility index (Phi) is 5.19. The number of carbonyl (C=O) groups is 2. The predicted molar refractivity (Wildman–Crippen MR) is 80.0 cm³/mol. The molecule has 1 heterocycles. The third kappa shape index (κ3) is 3.51. The molecule has 0 spiro atoms. The number of carbonyl (C=O) groups excluding carboxylic acids is 2. The average Bonchev–Trinajstić information content (AvgIpc) is 2.37. The van der Waals surface area contributed by atoms with Gasteiger partial charge in [0, 0.05) is 31.1 Å². The topological polar surface area (TPSA) is 75.4 Å². The van der Waals surface area contributed by atoms with Crippen molar-refractivity contribution in [1.82, 2.24) is 10.2 Å². The van der Waals surface area contributed by atoms with E-state index >= 15 is 0 Å². The zero-order chi connectivity index (χ0) is 15.6. The van der Waals surface area contributed by atoms with Crippen molar-refractivity contribution in [2.24, 2.45) is 17.1 Å². The van der Waals surface area contributed by atoms with Gasteiger partial charge in [-0.15, -0.1) is 0 Å². The number of rotatable bonds is 4. The molecule has 5 nitrogen and oxygen atoms in total. The summed E-state index contributed by atoms with van der Waals surface area (Å²) in [5.41, 5.74) is 4.95. The van der Waals surface area contributed by atoms with Crippen molar-refractivity contribution in [2.45, 2.75) is 53.0 Å². The van der Waals surface area contributed by atoms with Crippen LogP contribution in [-0.2, 0) is 9.59 Å². The smallest absolute Gasteiger partial charge is 0.230 e. The third-order valence-electron chi connectivity index (χ3n) is 4.65. The number of hydrogen-bond acceptors (Lipinski definition) is 3. The number of likely N-dealkylation sites (tertiary alicyclic amines) is 1. The molecule has 0 saturated carbocycles. The first kappa shape index (κ1) is 17.0. The fourth-order valence-corrected chi connectivity index (χ4v) is 2.33. The lowest BCUT2D eigenvalue weighted by Gasteiger charge is -2.42. The molecule has 1 saturated heterocycles. The lowest BCUT2D eigenvalue weighted by Crippen LogP contribution is -2.57. The molecular formula is C15H29N3O2. The summed E-state index contributed by atoms with van der Waals surface area (Å²) in [5.74, 6) is 0.227. The van der Waals surface area contributed by atoms with Crippen molar-refractivity contribution in [1.29, 1.82) is 0 Å². The van der Waals surface area contributed by atoms with Crippen LogP contribution in [-0.4, -0.2) is 41.9 Å². The fourth-order valence-electron chi connectivity index (χ4n) is 2.33. The Morgan fingerprint density at radius 1 is 1.20 bits per heavy atom. The summed E-state index contributed by atoms with van der Waals surface area (Å²) in [4.78, 5) is 26.3. The number of nitrogens with zero attached hydrogens (tertiary/aromatic N) is 1. The predicted octanol–water partition coefficient (Wildman–Crippen LogP) is 1.12. The summed E-state index contributed by atoms with van der Waals surface area (Å²) in [5, 5.41) is 2.85. The van der Waals surface area contributed by atoms with E-state index in [1.165, 1.54) is 0 Å². The van der Waals surface area contributed by atoms with E-state index in [2.05, 4.69) is 5.32 Å². The van der Waals surface area contributed by atoms with Gasteiger partial charge in [0.1, 0.15) is 0 Å². The molecule has 1 rings (SSSR count). The Balaban J connectivity index is 2.62. The molecule has 0 radical (unpaired) electrons. The van der Waals surface area contributed by atoms with Crippen LogP contribution in [0.5, 0.6) is 0 Å². The molecular weight excluding hydrogens is 254 g/mol. The van der Waals surface area contributed by atoms with Crippen LogP contribution < -0.4 is 11.1 Å². The molecule has 0 atom stereocenters. The van der Waals surface area contributed by atoms with E-state index in [1.807, 2.05) is 39.5 Å². The fraction of sp³-hybridized carbons (Fsp3) is 0.867. The minimum absolute atomic E-state index is 0.0352. The Morgan fingerprint density at radius 2 is 1.70 bits per heavy atom. The highest BCUT2D eigenvalue weighted by atomic mass is 16.2. The van der Waals surface area contributed by atoms with E-state index in [1.54, 1.807) is 0 Å². The van der Waals surface area contributed by atoms with Crippen molar-refractivity contribution < 1.29 is 9.59 Å². The first-order valence-corrected chi connectivity index (χ1v) is 7.47. The second-order valence-electron chi connectivity index (χ2n) is 6.81. The van der Waals surface area contributed by atoms with Crippen LogP contribution >= 0.6 is 0 Å². The van der Waals surface area contributed by atoms with E-state index in [0.29, 0.717) is 19.6 Å². The van der Waals surface area contributed by atoms with E-state index < -0.39 is 11.0 Å². The van der Waals surface area contributed by atoms with Crippen LogP contribution in [0.25, 0.3) is 0 Å². The number of amides is 2. The molecule has 0 aromatic heterocycles. The average molecular weight is 283 g/mol. The first-order chi connectivity index (χ1) is 9.11. The summed E-state index contributed by atoms with van der Waals surface area (Å²) in [6.07, 6.45) is 1.47. The molecule has 0 bridgehead atoms. The van der Waals surface area contributed by atoms with Gasteiger partial charge in [0.25, 0.3) is 0 Å². The minimum Gasteiger partial charge on any atom is -0.356 e. The van der Waals surface area contributed by atoms with Crippen LogP contribution in [0.1, 0.15) is 47.5 Å². The van der Waals surface area contributed by atoms with Gasteiger partial charge in [0.15, 0.2) is 0 Å². The molecule has 116 valence electrons. The second kappa shape index (κ2) is 6.12. The normalized spacial score (nSPS) is 18.0. The molecule has 1 aliphatic heterocycles. The van der Waals surface area contributed by atoms with Crippen molar-refractivity contribution >= 4 is 11.8 Å². The second-order valence-corrected chi connectivity index (χ2v) is 6.81. The highest BCUT2D eigenvalue weighted by Crippen LogP contribution is 2.32. The van der Waals surface area contributed by atoms with Crippen LogP contribution in [0.4, 0.5) is 0 Å². The number of nitrogens with one attached hydrogen (secondary N) is 1. The minimum atomic E-state index is -0.606. The molecule has 2 amide bonds.